The number of azo groups is 1. The fraction of sp³-hybridized carbons (Fsp3) is 0.0476. The summed E-state index contributed by atoms with van der Waals surface area (Å²) >= 11 is 0. The third-order valence-electron chi connectivity index (χ3n) is 3.78. The van der Waals surface area contributed by atoms with Crippen LogP contribution in [0, 0.1) is 11.6 Å². The maximum absolute atomic E-state index is 13.2. The quantitative estimate of drug-likeness (QED) is 0.446. The van der Waals surface area contributed by atoms with Crippen LogP contribution in [-0.4, -0.2) is 23.6 Å². The van der Waals surface area contributed by atoms with E-state index in [0.717, 1.165) is 12.1 Å². The van der Waals surface area contributed by atoms with Crippen molar-refractivity contribution in [2.24, 2.45) is 10.2 Å². The molecule has 0 aliphatic carbocycles. The Morgan fingerprint density at radius 3 is 2.40 bits per heavy atom. The number of esters is 1. The van der Waals surface area contributed by atoms with Crippen LogP contribution in [-0.2, 0) is 9.53 Å². The molecule has 0 unspecified atom stereocenters. The van der Waals surface area contributed by atoms with E-state index in [9.17, 15) is 23.5 Å². The van der Waals surface area contributed by atoms with Crippen LogP contribution in [0.5, 0.6) is 5.75 Å². The van der Waals surface area contributed by atoms with E-state index in [-0.39, 0.29) is 22.7 Å². The summed E-state index contributed by atoms with van der Waals surface area (Å²) in [5, 5.41) is 19.6. The number of hydrogen-bond acceptors (Lipinski definition) is 6. The molecule has 7 nitrogen and oxygen atoms in total. The summed E-state index contributed by atoms with van der Waals surface area (Å²) in [6.07, 6.45) is 0. The Kier molecular flexibility index (Phi) is 6.43. The molecule has 3 aromatic rings. The first-order valence-electron chi connectivity index (χ1n) is 8.64. The molecule has 3 rings (SSSR count). The highest BCUT2D eigenvalue weighted by atomic mass is 19.2. The number of halogens is 2. The number of carbonyl (C=O) groups is 2. The first-order chi connectivity index (χ1) is 14.4. The van der Waals surface area contributed by atoms with Gasteiger partial charge in [-0.1, -0.05) is 12.1 Å². The maximum atomic E-state index is 13.2. The largest absolute Gasteiger partial charge is 0.508 e. The Hall–Kier alpha value is -4.14. The van der Waals surface area contributed by atoms with Gasteiger partial charge in [-0.3, -0.25) is 4.79 Å². The number of phenolic OH excluding ortho intramolecular Hbond substituents is 1. The number of amides is 1. The van der Waals surface area contributed by atoms with Crippen molar-refractivity contribution in [1.82, 2.24) is 0 Å². The number of phenols is 1. The highest BCUT2D eigenvalue weighted by molar-refractivity contribution is 5.98. The lowest BCUT2D eigenvalue weighted by Crippen LogP contribution is -2.21. The Balaban J connectivity index is 1.63. The lowest BCUT2D eigenvalue weighted by Gasteiger charge is -2.08. The van der Waals surface area contributed by atoms with Crippen LogP contribution in [0.1, 0.15) is 10.4 Å². The highest BCUT2D eigenvalue weighted by Crippen LogP contribution is 2.24. The van der Waals surface area contributed by atoms with Gasteiger partial charge in [0.2, 0.25) is 0 Å². The van der Waals surface area contributed by atoms with Crippen LogP contribution in [0.2, 0.25) is 0 Å². The number of nitrogens with one attached hydrogen (secondary N) is 1. The zero-order chi connectivity index (χ0) is 21.5. The lowest BCUT2D eigenvalue weighted by molar-refractivity contribution is -0.119. The molecule has 152 valence electrons. The van der Waals surface area contributed by atoms with E-state index in [1.54, 1.807) is 30.3 Å². The van der Waals surface area contributed by atoms with E-state index in [2.05, 4.69) is 15.5 Å². The Morgan fingerprint density at radius 2 is 1.67 bits per heavy atom. The van der Waals surface area contributed by atoms with Crippen molar-refractivity contribution < 1.29 is 28.2 Å². The summed E-state index contributed by atoms with van der Waals surface area (Å²) in [6.45, 7) is -0.638. The van der Waals surface area contributed by atoms with Gasteiger partial charge < -0.3 is 15.2 Å². The van der Waals surface area contributed by atoms with Crippen LogP contribution >= 0.6 is 0 Å². The van der Waals surface area contributed by atoms with E-state index in [1.807, 2.05) is 0 Å². The van der Waals surface area contributed by atoms with Crippen molar-refractivity contribution in [1.29, 1.82) is 0 Å². The van der Waals surface area contributed by atoms with Crippen molar-refractivity contribution in [2.45, 2.75) is 0 Å². The average molecular weight is 411 g/mol. The van der Waals surface area contributed by atoms with Crippen molar-refractivity contribution >= 4 is 28.9 Å². The van der Waals surface area contributed by atoms with Crippen LogP contribution in [0.25, 0.3) is 0 Å². The predicted molar refractivity (Wildman–Crippen MR) is 104 cm³/mol. The van der Waals surface area contributed by atoms with Crippen LogP contribution in [0.3, 0.4) is 0 Å². The number of anilines is 1. The number of carbonyl (C=O) groups excluding carboxylic acids is 2. The Labute approximate surface area is 169 Å². The van der Waals surface area contributed by atoms with Gasteiger partial charge in [0, 0.05) is 11.8 Å². The van der Waals surface area contributed by atoms with Gasteiger partial charge in [0.05, 0.1) is 11.3 Å². The zero-order valence-corrected chi connectivity index (χ0v) is 15.4. The molecule has 1 amide bonds. The van der Waals surface area contributed by atoms with Crippen molar-refractivity contribution in [3.63, 3.8) is 0 Å². The third-order valence-corrected chi connectivity index (χ3v) is 3.78. The fourth-order valence-electron chi connectivity index (χ4n) is 2.34. The molecule has 0 aliphatic rings. The molecule has 3 aromatic carbocycles. The molecule has 0 aliphatic heterocycles. The molecule has 2 N–H and O–H groups in total. The number of ether oxygens (including phenoxy) is 1. The SMILES string of the molecule is O=C(COC(=O)c1ccccc1N=Nc1ccc(O)cc1)Nc1ccc(F)c(F)c1. The molecule has 9 heteroatoms. The zero-order valence-electron chi connectivity index (χ0n) is 15.4. The number of aromatic hydroxyl groups is 1. The normalized spacial score (nSPS) is 10.7. The summed E-state index contributed by atoms with van der Waals surface area (Å²) < 4.78 is 31.1. The maximum Gasteiger partial charge on any atom is 0.340 e. The number of nitrogens with zero attached hydrogens (tertiary/aromatic N) is 2. The molecule has 0 saturated carbocycles. The van der Waals surface area contributed by atoms with Crippen molar-refractivity contribution in [2.75, 3.05) is 11.9 Å². The molecular formula is C21H15F2N3O4. The second-order valence-corrected chi connectivity index (χ2v) is 5.99. The minimum atomic E-state index is -1.11. The van der Waals surface area contributed by atoms with Crippen molar-refractivity contribution in [3.05, 3.63) is 83.9 Å². The van der Waals surface area contributed by atoms with Gasteiger partial charge in [-0.25, -0.2) is 13.6 Å². The highest BCUT2D eigenvalue weighted by Gasteiger charge is 2.15. The fourth-order valence-corrected chi connectivity index (χ4v) is 2.34. The minimum absolute atomic E-state index is 0.0260. The monoisotopic (exact) mass is 411 g/mol. The molecule has 30 heavy (non-hydrogen) atoms. The van der Waals surface area contributed by atoms with E-state index in [4.69, 9.17) is 4.74 Å². The summed E-state index contributed by atoms with van der Waals surface area (Å²) in [4.78, 5) is 24.2. The molecule has 0 radical (unpaired) electrons. The topological polar surface area (TPSA) is 100 Å². The lowest BCUT2D eigenvalue weighted by atomic mass is 10.2. The predicted octanol–water partition coefficient (Wildman–Crippen LogP) is 4.88. The van der Waals surface area contributed by atoms with Crippen molar-refractivity contribution in [3.8, 4) is 5.75 Å². The second kappa shape index (κ2) is 9.37. The molecule has 0 heterocycles. The summed E-state index contributed by atoms with van der Waals surface area (Å²) in [5.74, 6) is -3.61. The van der Waals surface area contributed by atoms with Gasteiger partial charge >= 0.3 is 5.97 Å². The summed E-state index contributed by atoms with van der Waals surface area (Å²) in [6, 6.07) is 15.1. The van der Waals surface area contributed by atoms with Gasteiger partial charge in [-0.05, 0) is 48.5 Å². The second-order valence-electron chi connectivity index (χ2n) is 5.99. The van der Waals surface area contributed by atoms with Crippen LogP contribution in [0.4, 0.5) is 25.8 Å². The van der Waals surface area contributed by atoms with Crippen LogP contribution < -0.4 is 5.32 Å². The first-order valence-corrected chi connectivity index (χ1v) is 8.64. The Bertz CT molecular complexity index is 1100. The van der Waals surface area contributed by atoms with Gasteiger partial charge in [-0.15, -0.1) is 5.11 Å². The van der Waals surface area contributed by atoms with E-state index in [1.165, 1.54) is 24.3 Å². The minimum Gasteiger partial charge on any atom is -0.508 e. The van der Waals surface area contributed by atoms with E-state index >= 15 is 0 Å². The average Bonchev–Trinajstić information content (AvgIpc) is 2.74. The third kappa shape index (κ3) is 5.44. The van der Waals surface area contributed by atoms with Gasteiger partial charge in [0.1, 0.15) is 11.4 Å². The Morgan fingerprint density at radius 1 is 0.933 bits per heavy atom. The van der Waals surface area contributed by atoms with Gasteiger partial charge in [0.15, 0.2) is 18.2 Å². The molecule has 0 saturated heterocycles. The molecule has 0 aromatic heterocycles. The van der Waals surface area contributed by atoms with Gasteiger partial charge in [0.25, 0.3) is 5.91 Å². The first kappa shape index (κ1) is 20.6. The van der Waals surface area contributed by atoms with E-state index in [0.29, 0.717) is 5.69 Å². The van der Waals surface area contributed by atoms with E-state index < -0.39 is 30.1 Å². The summed E-state index contributed by atoms with van der Waals surface area (Å²) in [5.41, 5.74) is 0.789. The smallest absolute Gasteiger partial charge is 0.340 e. The number of hydrogen-bond donors (Lipinski definition) is 2. The van der Waals surface area contributed by atoms with Crippen LogP contribution in [0.15, 0.2) is 77.0 Å². The number of benzene rings is 3. The molecule has 0 spiro atoms. The number of rotatable bonds is 6. The molecule has 0 fully saturated rings. The van der Waals surface area contributed by atoms with Gasteiger partial charge in [-0.2, -0.15) is 5.11 Å². The molecular weight excluding hydrogens is 396 g/mol. The molecule has 0 atom stereocenters. The molecule has 0 bridgehead atoms. The standard InChI is InChI=1S/C21H15F2N3O4/c22-17-10-7-14(11-18(17)23)24-20(28)12-30-21(29)16-3-1-2-4-19(16)26-25-13-5-8-15(27)9-6-13/h1-11,27H,12H2,(H,24,28). The summed E-state index contributed by atoms with van der Waals surface area (Å²) in [7, 11) is 0.